The van der Waals surface area contributed by atoms with Crippen LogP contribution in [0.15, 0.2) is 40.1 Å². The molecule has 1 amide bonds. The molecule has 35 heavy (non-hydrogen) atoms. The molecular weight excluding hydrogens is 444 g/mol. The van der Waals surface area contributed by atoms with Crippen LogP contribution >= 0.6 is 0 Å². The Hall–Kier alpha value is -3.03. The van der Waals surface area contributed by atoms with Crippen LogP contribution in [-0.2, 0) is 18.4 Å². The minimum atomic E-state index is -0.295. The third-order valence-electron chi connectivity index (χ3n) is 8.24. The first-order chi connectivity index (χ1) is 16.9. The molecule has 3 fully saturated rings. The van der Waals surface area contributed by atoms with Gasteiger partial charge in [-0.3, -0.25) is 18.7 Å². The summed E-state index contributed by atoms with van der Waals surface area (Å²) in [4.78, 5) is 43.7. The number of hydrogen-bond acceptors (Lipinski definition) is 5. The first-order valence-electron chi connectivity index (χ1n) is 12.9. The summed E-state index contributed by atoms with van der Waals surface area (Å²) in [5.74, 6) is 1.79. The molecule has 0 unspecified atom stereocenters. The fourth-order valence-electron chi connectivity index (χ4n) is 5.78. The van der Waals surface area contributed by atoms with Crippen molar-refractivity contribution in [1.82, 2.24) is 18.9 Å². The van der Waals surface area contributed by atoms with E-state index in [0.29, 0.717) is 29.1 Å². The third-order valence-corrected chi connectivity index (χ3v) is 8.24. The van der Waals surface area contributed by atoms with Crippen molar-refractivity contribution in [3.63, 3.8) is 0 Å². The van der Waals surface area contributed by atoms with Crippen LogP contribution in [-0.4, -0.2) is 58.1 Å². The van der Waals surface area contributed by atoms with Gasteiger partial charge in [0, 0.05) is 51.4 Å². The summed E-state index contributed by atoms with van der Waals surface area (Å²) in [5.41, 5.74) is 1.29. The first kappa shape index (κ1) is 23.7. The fourth-order valence-corrected chi connectivity index (χ4v) is 5.78. The molecule has 2 heterocycles. The molecule has 5 rings (SSSR count). The molecule has 0 atom stereocenters. The Balaban J connectivity index is 1.20. The van der Waals surface area contributed by atoms with Crippen LogP contribution in [0.4, 0.5) is 0 Å². The maximum Gasteiger partial charge on any atom is 0.331 e. The molecule has 0 bridgehead atoms. The van der Waals surface area contributed by atoms with Crippen molar-refractivity contribution < 1.29 is 9.53 Å². The second-order valence-corrected chi connectivity index (χ2v) is 10.4. The standard InChI is InChI=1S/C27H36N4O4/c1-18(20-8-9-20)29-12-14-30(15-13-29)25(32)21-6-4-19(5-7-21)17-31-26(33)23-16-22(35-3)10-11-24(23)28(2)27(31)34/h10-11,16,19-21H,1,4-9,12-15,17H2,2-3H3/t19-,21-. The molecule has 0 spiro atoms. The Labute approximate surface area is 205 Å². The molecule has 0 radical (unpaired) electrons. The van der Waals surface area contributed by atoms with Gasteiger partial charge in [-0.05, 0) is 68.6 Å². The van der Waals surface area contributed by atoms with Gasteiger partial charge in [-0.1, -0.05) is 6.58 Å². The van der Waals surface area contributed by atoms with Gasteiger partial charge < -0.3 is 14.5 Å². The summed E-state index contributed by atoms with van der Waals surface area (Å²) in [7, 11) is 3.26. The van der Waals surface area contributed by atoms with Crippen LogP contribution in [0.2, 0.25) is 0 Å². The van der Waals surface area contributed by atoms with Crippen LogP contribution in [0.1, 0.15) is 38.5 Å². The van der Waals surface area contributed by atoms with E-state index in [1.165, 1.54) is 27.7 Å². The van der Waals surface area contributed by atoms with Gasteiger partial charge in [0.2, 0.25) is 5.91 Å². The van der Waals surface area contributed by atoms with Crippen molar-refractivity contribution in [3.8, 4) is 5.75 Å². The number of allylic oxidation sites excluding steroid dienone is 1. The van der Waals surface area contributed by atoms with Crippen LogP contribution < -0.4 is 16.0 Å². The van der Waals surface area contributed by atoms with E-state index in [4.69, 9.17) is 4.74 Å². The Morgan fingerprint density at radius 2 is 1.60 bits per heavy atom. The Morgan fingerprint density at radius 3 is 2.23 bits per heavy atom. The number of fused-ring (bicyclic) bond motifs is 1. The SMILES string of the molecule is C=C(C1CC1)N1CCN(C(=O)[C@H]2CC[C@H](Cn3c(=O)c4cc(OC)ccc4n(C)c3=O)CC2)CC1. The first-order valence-corrected chi connectivity index (χ1v) is 12.9. The Bertz CT molecular complexity index is 1240. The smallest absolute Gasteiger partial charge is 0.331 e. The summed E-state index contributed by atoms with van der Waals surface area (Å²) < 4.78 is 8.17. The van der Waals surface area contributed by atoms with Gasteiger partial charge in [0.05, 0.1) is 18.0 Å². The van der Waals surface area contributed by atoms with Crippen LogP contribution in [0.3, 0.4) is 0 Å². The number of aryl methyl sites for hydroxylation is 1. The van der Waals surface area contributed by atoms with E-state index >= 15 is 0 Å². The molecule has 8 nitrogen and oxygen atoms in total. The highest BCUT2D eigenvalue weighted by Gasteiger charge is 2.34. The zero-order valence-electron chi connectivity index (χ0n) is 20.9. The fraction of sp³-hybridized carbons (Fsp3) is 0.593. The van der Waals surface area contributed by atoms with Crippen molar-refractivity contribution in [3.05, 3.63) is 51.3 Å². The highest BCUT2D eigenvalue weighted by Crippen LogP contribution is 2.37. The number of amides is 1. The van der Waals surface area contributed by atoms with Gasteiger partial charge >= 0.3 is 5.69 Å². The lowest BCUT2D eigenvalue weighted by atomic mass is 9.81. The zero-order valence-corrected chi connectivity index (χ0v) is 20.9. The molecule has 8 heteroatoms. The van der Waals surface area contributed by atoms with Crippen molar-refractivity contribution in [1.29, 1.82) is 0 Å². The monoisotopic (exact) mass is 480 g/mol. The average Bonchev–Trinajstić information content (AvgIpc) is 3.75. The number of aromatic nitrogens is 2. The average molecular weight is 481 g/mol. The number of ether oxygens (including phenoxy) is 1. The molecule has 2 aliphatic carbocycles. The lowest BCUT2D eigenvalue weighted by molar-refractivity contribution is -0.138. The molecule has 188 valence electrons. The second kappa shape index (κ2) is 9.55. The van der Waals surface area contributed by atoms with Crippen molar-refractivity contribution >= 4 is 16.8 Å². The van der Waals surface area contributed by atoms with E-state index in [-0.39, 0.29) is 29.0 Å². The molecule has 1 aliphatic heterocycles. The molecule has 0 N–H and O–H groups in total. The summed E-state index contributed by atoms with van der Waals surface area (Å²) in [6, 6.07) is 5.20. The van der Waals surface area contributed by atoms with Gasteiger partial charge in [0.25, 0.3) is 5.56 Å². The number of hydrogen-bond donors (Lipinski definition) is 0. The van der Waals surface area contributed by atoms with E-state index in [0.717, 1.165) is 51.9 Å². The van der Waals surface area contributed by atoms with Crippen LogP contribution in [0, 0.1) is 17.8 Å². The molecule has 1 saturated heterocycles. The predicted molar refractivity (Wildman–Crippen MR) is 135 cm³/mol. The van der Waals surface area contributed by atoms with Gasteiger partial charge in [0.15, 0.2) is 0 Å². The summed E-state index contributed by atoms with van der Waals surface area (Å²) in [6.07, 6.45) is 5.84. The predicted octanol–water partition coefficient (Wildman–Crippen LogP) is 2.58. The minimum Gasteiger partial charge on any atom is -0.497 e. The maximum atomic E-state index is 13.2. The van der Waals surface area contributed by atoms with Gasteiger partial charge in [-0.25, -0.2) is 4.79 Å². The number of benzene rings is 1. The topological polar surface area (TPSA) is 76.8 Å². The molecule has 2 saturated carbocycles. The van der Waals surface area contributed by atoms with Gasteiger partial charge in [-0.2, -0.15) is 0 Å². The van der Waals surface area contributed by atoms with E-state index in [1.807, 2.05) is 4.90 Å². The third kappa shape index (κ3) is 4.62. The number of methoxy groups -OCH3 is 1. The number of nitrogens with zero attached hydrogens (tertiary/aromatic N) is 4. The maximum absolute atomic E-state index is 13.2. The zero-order chi connectivity index (χ0) is 24.7. The van der Waals surface area contributed by atoms with E-state index in [1.54, 1.807) is 32.4 Å². The van der Waals surface area contributed by atoms with Crippen LogP contribution in [0.25, 0.3) is 10.9 Å². The summed E-state index contributed by atoms with van der Waals surface area (Å²) in [6.45, 7) is 7.96. The number of rotatable bonds is 6. The summed E-state index contributed by atoms with van der Waals surface area (Å²) in [5, 5.41) is 0.485. The van der Waals surface area contributed by atoms with Crippen LogP contribution in [0.5, 0.6) is 5.75 Å². The molecule has 2 aromatic rings. The normalized spacial score (nSPS) is 22.9. The minimum absolute atomic E-state index is 0.0462. The van der Waals surface area contributed by atoms with E-state index < -0.39 is 0 Å². The van der Waals surface area contributed by atoms with Gasteiger partial charge in [-0.15, -0.1) is 0 Å². The molecule has 1 aromatic heterocycles. The second-order valence-electron chi connectivity index (χ2n) is 10.4. The van der Waals surface area contributed by atoms with E-state index in [2.05, 4.69) is 11.5 Å². The highest BCUT2D eigenvalue weighted by molar-refractivity contribution is 5.80. The number of carbonyl (C=O) groups excluding carboxylic acids is 1. The van der Waals surface area contributed by atoms with Gasteiger partial charge in [0.1, 0.15) is 5.75 Å². The lowest BCUT2D eigenvalue weighted by Crippen LogP contribution is -2.50. The highest BCUT2D eigenvalue weighted by atomic mass is 16.5. The molecule has 1 aromatic carbocycles. The summed E-state index contributed by atoms with van der Waals surface area (Å²) >= 11 is 0. The number of piperazine rings is 1. The number of carbonyl (C=O) groups is 1. The Kier molecular flexibility index (Phi) is 6.47. The molecular formula is C27H36N4O4. The lowest BCUT2D eigenvalue weighted by Gasteiger charge is -2.39. The van der Waals surface area contributed by atoms with E-state index in [9.17, 15) is 14.4 Å². The largest absolute Gasteiger partial charge is 0.497 e. The van der Waals surface area contributed by atoms with Crippen molar-refractivity contribution in [2.24, 2.45) is 24.8 Å². The van der Waals surface area contributed by atoms with Crippen molar-refractivity contribution in [2.45, 2.75) is 45.1 Å². The Morgan fingerprint density at radius 1 is 0.971 bits per heavy atom. The molecule has 3 aliphatic rings. The van der Waals surface area contributed by atoms with Crippen molar-refractivity contribution in [2.75, 3.05) is 33.3 Å². The quantitative estimate of drug-likeness (QED) is 0.635.